The second-order valence-electron chi connectivity index (χ2n) is 3.75. The number of carbonyl (C=O) groups is 1. The van der Waals surface area contributed by atoms with Crippen LogP contribution in [0.15, 0.2) is 22.8 Å². The van der Waals surface area contributed by atoms with Crippen molar-refractivity contribution in [1.82, 2.24) is 5.32 Å². The summed E-state index contributed by atoms with van der Waals surface area (Å²) >= 11 is 0. The van der Waals surface area contributed by atoms with Gasteiger partial charge in [0.2, 0.25) is 0 Å². The van der Waals surface area contributed by atoms with Gasteiger partial charge in [-0.25, -0.2) is 8.78 Å². The summed E-state index contributed by atoms with van der Waals surface area (Å²) in [6.45, 7) is 1.54. The van der Waals surface area contributed by atoms with Crippen LogP contribution in [0.5, 0.6) is 0 Å². The molecule has 17 heavy (non-hydrogen) atoms. The maximum absolute atomic E-state index is 14.0. The zero-order chi connectivity index (χ0) is 12.6. The first-order valence-electron chi connectivity index (χ1n) is 5.13. The van der Waals surface area contributed by atoms with E-state index in [4.69, 9.17) is 4.42 Å². The highest BCUT2D eigenvalue weighted by Gasteiger charge is 2.24. The van der Waals surface area contributed by atoms with E-state index in [0.717, 1.165) is 6.07 Å². The summed E-state index contributed by atoms with van der Waals surface area (Å²) in [5, 5.41) is 2.76. The number of ketones is 1. The zero-order valence-corrected chi connectivity index (χ0v) is 9.38. The fourth-order valence-electron chi connectivity index (χ4n) is 1.61. The normalized spacial score (nSPS) is 12.9. The van der Waals surface area contributed by atoms with E-state index in [9.17, 15) is 13.6 Å². The average molecular weight is 239 g/mol. The monoisotopic (exact) mass is 239 g/mol. The van der Waals surface area contributed by atoms with Crippen LogP contribution in [-0.2, 0) is 0 Å². The topological polar surface area (TPSA) is 42.2 Å². The maximum atomic E-state index is 14.0. The molecule has 0 aliphatic carbocycles. The predicted molar refractivity (Wildman–Crippen MR) is 59.0 cm³/mol. The molecule has 1 aromatic carbocycles. The number of furan rings is 1. The van der Waals surface area contributed by atoms with Gasteiger partial charge in [-0.3, -0.25) is 4.79 Å². The third-order valence-electron chi connectivity index (χ3n) is 2.72. The number of nitrogens with one attached hydrogen (secondary N) is 1. The summed E-state index contributed by atoms with van der Waals surface area (Å²) in [5.74, 6) is -2.40. The molecule has 0 saturated heterocycles. The van der Waals surface area contributed by atoms with Crippen molar-refractivity contribution in [3.05, 3.63) is 35.6 Å². The Morgan fingerprint density at radius 2 is 2.18 bits per heavy atom. The van der Waals surface area contributed by atoms with Crippen LogP contribution in [0.25, 0.3) is 11.0 Å². The van der Waals surface area contributed by atoms with Crippen LogP contribution in [-0.4, -0.2) is 18.9 Å². The highest BCUT2D eigenvalue weighted by molar-refractivity contribution is 6.03. The van der Waals surface area contributed by atoms with E-state index in [-0.39, 0.29) is 11.0 Å². The first-order valence-corrected chi connectivity index (χ1v) is 5.13. The van der Waals surface area contributed by atoms with Crippen LogP contribution in [0.2, 0.25) is 0 Å². The van der Waals surface area contributed by atoms with Crippen molar-refractivity contribution >= 4 is 16.8 Å². The lowest BCUT2D eigenvalue weighted by molar-refractivity contribution is 0.0947. The SMILES string of the molecule is CNC(C)C(=O)c1c(F)cc2occc2c1F. The molecule has 1 unspecified atom stereocenters. The van der Waals surface area contributed by atoms with E-state index in [2.05, 4.69) is 5.32 Å². The van der Waals surface area contributed by atoms with Crippen LogP contribution in [0, 0.1) is 11.6 Å². The van der Waals surface area contributed by atoms with Gasteiger partial charge in [-0.2, -0.15) is 0 Å². The van der Waals surface area contributed by atoms with Crippen molar-refractivity contribution in [2.24, 2.45) is 0 Å². The van der Waals surface area contributed by atoms with Gasteiger partial charge in [-0.15, -0.1) is 0 Å². The summed E-state index contributed by atoms with van der Waals surface area (Å²) < 4.78 is 32.5. The lowest BCUT2D eigenvalue weighted by Gasteiger charge is -2.10. The predicted octanol–water partition coefficient (Wildman–Crippen LogP) is 2.50. The fourth-order valence-corrected chi connectivity index (χ4v) is 1.61. The Balaban J connectivity index is 2.64. The molecule has 5 heteroatoms. The highest BCUT2D eigenvalue weighted by Crippen LogP contribution is 2.25. The molecule has 2 aromatic rings. The summed E-state index contributed by atoms with van der Waals surface area (Å²) in [6, 6.07) is 1.74. The minimum absolute atomic E-state index is 0.0914. The molecule has 0 fully saturated rings. The summed E-state index contributed by atoms with van der Waals surface area (Å²) in [7, 11) is 1.55. The number of hydrogen-bond acceptors (Lipinski definition) is 3. The van der Waals surface area contributed by atoms with Gasteiger partial charge >= 0.3 is 0 Å². The molecule has 0 saturated carbocycles. The van der Waals surface area contributed by atoms with Gasteiger partial charge in [0.05, 0.1) is 23.3 Å². The number of likely N-dealkylation sites (N-methyl/N-ethyl adjacent to an activating group) is 1. The minimum atomic E-state index is -0.906. The second kappa shape index (κ2) is 4.25. The van der Waals surface area contributed by atoms with Crippen molar-refractivity contribution in [1.29, 1.82) is 0 Å². The van der Waals surface area contributed by atoms with Gasteiger partial charge < -0.3 is 9.73 Å². The number of benzene rings is 1. The Morgan fingerprint density at radius 1 is 1.47 bits per heavy atom. The largest absolute Gasteiger partial charge is 0.464 e. The summed E-state index contributed by atoms with van der Waals surface area (Å²) in [4.78, 5) is 11.8. The van der Waals surface area contributed by atoms with E-state index < -0.39 is 29.0 Å². The molecule has 0 bridgehead atoms. The number of carbonyl (C=O) groups excluding carboxylic acids is 1. The molecule has 1 N–H and O–H groups in total. The highest BCUT2D eigenvalue weighted by atomic mass is 19.1. The number of hydrogen-bond donors (Lipinski definition) is 1. The van der Waals surface area contributed by atoms with E-state index in [1.807, 2.05) is 0 Å². The second-order valence-corrected chi connectivity index (χ2v) is 3.75. The van der Waals surface area contributed by atoms with Gasteiger partial charge in [-0.05, 0) is 20.0 Å². The van der Waals surface area contributed by atoms with Gasteiger partial charge in [0.15, 0.2) is 5.78 Å². The molecule has 0 amide bonds. The molecule has 0 aliphatic heterocycles. The smallest absolute Gasteiger partial charge is 0.185 e. The minimum Gasteiger partial charge on any atom is -0.464 e. The Morgan fingerprint density at radius 3 is 2.82 bits per heavy atom. The molecular formula is C12H11F2NO2. The molecule has 0 radical (unpaired) electrons. The first-order chi connectivity index (χ1) is 8.06. The van der Waals surface area contributed by atoms with Gasteiger partial charge in [0, 0.05) is 6.07 Å². The molecule has 1 aromatic heterocycles. The van der Waals surface area contributed by atoms with Crippen LogP contribution in [0.4, 0.5) is 8.78 Å². The van der Waals surface area contributed by atoms with Gasteiger partial charge in [0.1, 0.15) is 17.2 Å². The van der Waals surface area contributed by atoms with Crippen LogP contribution in [0.1, 0.15) is 17.3 Å². The quantitative estimate of drug-likeness (QED) is 0.837. The van der Waals surface area contributed by atoms with Gasteiger partial charge in [0.25, 0.3) is 0 Å². The molecule has 0 spiro atoms. The van der Waals surface area contributed by atoms with Crippen LogP contribution < -0.4 is 5.32 Å². The Bertz CT molecular complexity index is 577. The third-order valence-corrected chi connectivity index (χ3v) is 2.72. The molecule has 1 atom stereocenters. The van der Waals surface area contributed by atoms with E-state index in [1.165, 1.54) is 12.3 Å². The summed E-state index contributed by atoms with van der Waals surface area (Å²) in [5.41, 5.74) is -0.436. The molecule has 0 aliphatic rings. The summed E-state index contributed by atoms with van der Waals surface area (Å²) in [6.07, 6.45) is 1.25. The maximum Gasteiger partial charge on any atom is 0.185 e. The van der Waals surface area contributed by atoms with Crippen LogP contribution >= 0.6 is 0 Å². The lowest BCUT2D eigenvalue weighted by atomic mass is 10.0. The third kappa shape index (κ3) is 1.82. The van der Waals surface area contributed by atoms with E-state index >= 15 is 0 Å². The Labute approximate surface area is 96.4 Å². The van der Waals surface area contributed by atoms with Crippen molar-refractivity contribution in [2.75, 3.05) is 7.05 Å². The van der Waals surface area contributed by atoms with Crippen molar-refractivity contribution in [3.63, 3.8) is 0 Å². The number of rotatable bonds is 3. The van der Waals surface area contributed by atoms with Crippen molar-refractivity contribution in [3.8, 4) is 0 Å². The number of fused-ring (bicyclic) bond motifs is 1. The standard InChI is InChI=1S/C12H11F2NO2/c1-6(15-2)12(16)10-8(13)5-9-7(11(10)14)3-4-17-9/h3-6,15H,1-2H3. The molecule has 3 nitrogen and oxygen atoms in total. The molecule has 2 rings (SSSR count). The molecule has 90 valence electrons. The Hall–Kier alpha value is -1.75. The first kappa shape index (κ1) is 11.7. The number of halogens is 2. The fraction of sp³-hybridized carbons (Fsp3) is 0.250. The van der Waals surface area contributed by atoms with E-state index in [1.54, 1.807) is 14.0 Å². The Kier molecular flexibility index (Phi) is 2.93. The van der Waals surface area contributed by atoms with Gasteiger partial charge in [-0.1, -0.05) is 0 Å². The molecule has 1 heterocycles. The average Bonchev–Trinajstić information content (AvgIpc) is 2.75. The molecular weight excluding hydrogens is 228 g/mol. The number of Topliss-reactive ketones (excluding diaryl/α,β-unsaturated/α-hetero) is 1. The lowest BCUT2D eigenvalue weighted by Crippen LogP contribution is -2.32. The van der Waals surface area contributed by atoms with Crippen LogP contribution in [0.3, 0.4) is 0 Å². The van der Waals surface area contributed by atoms with E-state index in [0.29, 0.717) is 0 Å². The zero-order valence-electron chi connectivity index (χ0n) is 9.38. The van der Waals surface area contributed by atoms with Crippen molar-refractivity contribution < 1.29 is 18.0 Å². The van der Waals surface area contributed by atoms with Crippen molar-refractivity contribution in [2.45, 2.75) is 13.0 Å².